The summed E-state index contributed by atoms with van der Waals surface area (Å²) in [5.41, 5.74) is 6.56. The predicted molar refractivity (Wildman–Crippen MR) is 73.6 cm³/mol. The van der Waals surface area contributed by atoms with Gasteiger partial charge in [-0.15, -0.1) is 0 Å². The molecule has 2 N–H and O–H groups in total. The van der Waals surface area contributed by atoms with Crippen LogP contribution >= 0.6 is 0 Å². The first kappa shape index (κ1) is 14.0. The Morgan fingerprint density at radius 1 is 1.53 bits per heavy atom. The lowest BCUT2D eigenvalue weighted by molar-refractivity contribution is 0.0459. The third-order valence-corrected chi connectivity index (χ3v) is 2.96. The molecule has 6 nitrogen and oxygen atoms in total. The molecule has 0 saturated carbocycles. The van der Waals surface area contributed by atoms with Crippen LogP contribution in [0.2, 0.25) is 0 Å². The summed E-state index contributed by atoms with van der Waals surface area (Å²) in [6, 6.07) is 1.86. The zero-order valence-electron chi connectivity index (χ0n) is 11.6. The van der Waals surface area contributed by atoms with E-state index in [-0.39, 0.29) is 6.10 Å². The molecule has 0 bridgehead atoms. The van der Waals surface area contributed by atoms with Gasteiger partial charge < -0.3 is 20.1 Å². The molecule has 1 aromatic rings. The molecule has 1 aromatic heterocycles. The van der Waals surface area contributed by atoms with E-state index in [1.54, 1.807) is 0 Å². The van der Waals surface area contributed by atoms with Gasteiger partial charge in [0.1, 0.15) is 0 Å². The van der Waals surface area contributed by atoms with E-state index in [0.717, 1.165) is 25.2 Å². The molecular weight excluding hydrogens is 244 g/mol. The Labute approximate surface area is 113 Å². The summed E-state index contributed by atoms with van der Waals surface area (Å²) < 4.78 is 11.1. The van der Waals surface area contributed by atoms with Crippen molar-refractivity contribution in [2.45, 2.75) is 26.4 Å². The highest BCUT2D eigenvalue weighted by Gasteiger charge is 2.21. The highest BCUT2D eigenvalue weighted by molar-refractivity contribution is 5.35. The molecule has 19 heavy (non-hydrogen) atoms. The number of morpholine rings is 1. The number of rotatable bonds is 5. The van der Waals surface area contributed by atoms with E-state index >= 15 is 0 Å². The molecule has 1 aliphatic heterocycles. The van der Waals surface area contributed by atoms with Crippen molar-refractivity contribution in [3.05, 3.63) is 11.8 Å². The molecule has 1 saturated heterocycles. The van der Waals surface area contributed by atoms with E-state index < -0.39 is 0 Å². The van der Waals surface area contributed by atoms with E-state index in [1.807, 2.05) is 13.0 Å². The highest BCUT2D eigenvalue weighted by atomic mass is 16.5. The van der Waals surface area contributed by atoms with E-state index in [2.05, 4.69) is 21.8 Å². The Balaban J connectivity index is 2.11. The molecule has 2 rings (SSSR count). The normalized spacial score (nSPS) is 19.5. The first-order valence-electron chi connectivity index (χ1n) is 6.78. The first-order valence-corrected chi connectivity index (χ1v) is 6.78. The summed E-state index contributed by atoms with van der Waals surface area (Å²) in [6.45, 7) is 7.38. The van der Waals surface area contributed by atoms with Crippen molar-refractivity contribution < 1.29 is 9.47 Å². The fourth-order valence-corrected chi connectivity index (χ4v) is 1.99. The van der Waals surface area contributed by atoms with Crippen molar-refractivity contribution in [1.82, 2.24) is 9.97 Å². The van der Waals surface area contributed by atoms with Crippen molar-refractivity contribution in [3.63, 3.8) is 0 Å². The summed E-state index contributed by atoms with van der Waals surface area (Å²) in [5, 5.41) is 0. The maximum Gasteiger partial charge on any atom is 0.229 e. The third-order valence-electron chi connectivity index (χ3n) is 2.96. The van der Waals surface area contributed by atoms with Crippen molar-refractivity contribution in [2.75, 3.05) is 37.7 Å². The summed E-state index contributed by atoms with van der Waals surface area (Å²) in [6.07, 6.45) is 1.02. The average molecular weight is 266 g/mol. The van der Waals surface area contributed by atoms with Gasteiger partial charge in [-0.2, -0.15) is 4.98 Å². The molecular formula is C13H22N4O2. The number of aryl methyl sites for hydroxylation is 1. The van der Waals surface area contributed by atoms with Crippen LogP contribution in [-0.2, 0) is 4.74 Å². The van der Waals surface area contributed by atoms with Gasteiger partial charge in [-0.05, 0) is 13.3 Å². The number of nitrogens with two attached hydrogens (primary N) is 1. The maximum atomic E-state index is 5.65. The first-order chi connectivity index (χ1) is 9.22. The van der Waals surface area contributed by atoms with Gasteiger partial charge in [0.05, 0.1) is 19.3 Å². The Hall–Kier alpha value is -1.40. The molecule has 1 atom stereocenters. The summed E-state index contributed by atoms with van der Waals surface area (Å²) in [4.78, 5) is 11.0. The quantitative estimate of drug-likeness (QED) is 0.847. The van der Waals surface area contributed by atoms with Crippen LogP contribution in [0.5, 0.6) is 5.88 Å². The van der Waals surface area contributed by atoms with E-state index in [9.17, 15) is 0 Å². The smallest absolute Gasteiger partial charge is 0.229 e. The molecule has 0 spiro atoms. The van der Waals surface area contributed by atoms with Gasteiger partial charge in [0, 0.05) is 31.4 Å². The lowest BCUT2D eigenvalue weighted by Crippen LogP contribution is -2.46. The van der Waals surface area contributed by atoms with Crippen LogP contribution in [0, 0.1) is 6.92 Å². The maximum absolute atomic E-state index is 5.65. The Bertz CT molecular complexity index is 414. The van der Waals surface area contributed by atoms with Crippen LogP contribution in [-0.4, -0.2) is 48.9 Å². The van der Waals surface area contributed by atoms with Gasteiger partial charge in [0.2, 0.25) is 11.8 Å². The molecule has 1 aliphatic rings. The molecule has 1 unspecified atom stereocenters. The number of aromatic nitrogens is 2. The SMILES string of the molecule is CCCOc1cc(C)nc(N2CCOC(CN)C2)n1. The minimum absolute atomic E-state index is 0.0536. The van der Waals surface area contributed by atoms with Gasteiger partial charge in [0.25, 0.3) is 0 Å². The van der Waals surface area contributed by atoms with Gasteiger partial charge in [0.15, 0.2) is 0 Å². The lowest BCUT2D eigenvalue weighted by Gasteiger charge is -2.32. The van der Waals surface area contributed by atoms with Gasteiger partial charge in [-0.1, -0.05) is 6.92 Å². The molecule has 0 amide bonds. The van der Waals surface area contributed by atoms with Gasteiger partial charge >= 0.3 is 0 Å². The van der Waals surface area contributed by atoms with Crippen LogP contribution in [0.25, 0.3) is 0 Å². The zero-order valence-corrected chi connectivity index (χ0v) is 11.6. The highest BCUT2D eigenvalue weighted by Crippen LogP contribution is 2.18. The van der Waals surface area contributed by atoms with E-state index in [1.165, 1.54) is 0 Å². The third kappa shape index (κ3) is 3.78. The number of ether oxygens (including phenoxy) is 2. The second-order valence-corrected chi connectivity index (χ2v) is 4.67. The molecule has 1 fully saturated rings. The minimum atomic E-state index is 0.0536. The Morgan fingerprint density at radius 2 is 2.37 bits per heavy atom. The number of nitrogens with zero attached hydrogens (tertiary/aromatic N) is 3. The molecule has 0 radical (unpaired) electrons. The number of anilines is 1. The summed E-state index contributed by atoms with van der Waals surface area (Å²) in [7, 11) is 0. The van der Waals surface area contributed by atoms with Crippen LogP contribution in [0.15, 0.2) is 6.07 Å². The summed E-state index contributed by atoms with van der Waals surface area (Å²) >= 11 is 0. The van der Waals surface area contributed by atoms with Crippen LogP contribution in [0.4, 0.5) is 5.95 Å². The largest absolute Gasteiger partial charge is 0.478 e. The average Bonchev–Trinajstić information content (AvgIpc) is 2.44. The van der Waals surface area contributed by atoms with Crippen LogP contribution in [0.1, 0.15) is 19.0 Å². The van der Waals surface area contributed by atoms with Gasteiger partial charge in [-0.3, -0.25) is 0 Å². The van der Waals surface area contributed by atoms with Crippen molar-refractivity contribution >= 4 is 5.95 Å². The number of hydrogen-bond donors (Lipinski definition) is 1. The van der Waals surface area contributed by atoms with Gasteiger partial charge in [-0.25, -0.2) is 4.98 Å². The molecule has 0 aliphatic carbocycles. The van der Waals surface area contributed by atoms with E-state index in [0.29, 0.717) is 31.6 Å². The Morgan fingerprint density at radius 3 is 3.11 bits per heavy atom. The molecule has 6 heteroatoms. The topological polar surface area (TPSA) is 73.5 Å². The van der Waals surface area contributed by atoms with Crippen molar-refractivity contribution in [2.24, 2.45) is 5.73 Å². The van der Waals surface area contributed by atoms with Crippen molar-refractivity contribution in [1.29, 1.82) is 0 Å². The van der Waals surface area contributed by atoms with Crippen molar-refractivity contribution in [3.8, 4) is 5.88 Å². The minimum Gasteiger partial charge on any atom is -0.478 e. The Kier molecular flexibility index (Phi) is 4.93. The zero-order chi connectivity index (χ0) is 13.7. The fourth-order valence-electron chi connectivity index (χ4n) is 1.99. The molecule has 2 heterocycles. The van der Waals surface area contributed by atoms with Crippen LogP contribution in [0.3, 0.4) is 0 Å². The molecule has 106 valence electrons. The molecule has 0 aromatic carbocycles. The second kappa shape index (κ2) is 6.68. The van der Waals surface area contributed by atoms with Crippen LogP contribution < -0.4 is 15.4 Å². The summed E-state index contributed by atoms with van der Waals surface area (Å²) in [5.74, 6) is 1.34. The van der Waals surface area contributed by atoms with E-state index in [4.69, 9.17) is 15.2 Å². The lowest BCUT2D eigenvalue weighted by atomic mass is 10.3. The number of hydrogen-bond acceptors (Lipinski definition) is 6. The standard InChI is InChI=1S/C13H22N4O2/c1-3-5-19-12-7-10(2)15-13(16-12)17-4-6-18-11(8-14)9-17/h7,11H,3-6,8-9,14H2,1-2H3. The fraction of sp³-hybridized carbons (Fsp3) is 0.692. The predicted octanol–water partition coefficient (Wildman–Crippen LogP) is 0.738. The second-order valence-electron chi connectivity index (χ2n) is 4.67. The monoisotopic (exact) mass is 266 g/mol.